The van der Waals surface area contributed by atoms with Crippen molar-refractivity contribution in [2.45, 2.75) is 130 Å². The molecule has 0 aliphatic heterocycles. The second-order valence-electron chi connectivity index (χ2n) is 10.5. The average Bonchev–Trinajstić information content (AvgIpc) is 2.69. The predicted molar refractivity (Wildman–Crippen MR) is 131 cm³/mol. The van der Waals surface area contributed by atoms with Crippen molar-refractivity contribution in [2.75, 3.05) is 6.54 Å². The number of hydrogen-bond acceptors (Lipinski definition) is 3. The van der Waals surface area contributed by atoms with E-state index in [9.17, 15) is 19.5 Å². The molecule has 0 fully saturated rings. The van der Waals surface area contributed by atoms with E-state index in [1.54, 1.807) is 0 Å². The van der Waals surface area contributed by atoms with Gasteiger partial charge in [-0.2, -0.15) is 0 Å². The number of primary amides is 1. The van der Waals surface area contributed by atoms with Crippen LogP contribution in [0.3, 0.4) is 0 Å². The molecule has 0 aromatic rings. The fourth-order valence-corrected chi connectivity index (χ4v) is 4.07. The van der Waals surface area contributed by atoms with E-state index < -0.39 is 23.8 Å². The molecule has 0 rings (SSSR count). The lowest BCUT2D eigenvalue weighted by atomic mass is 9.92. The number of nitrogens with zero attached hydrogens (tertiary/aromatic N) is 1. The third-order valence-corrected chi connectivity index (χ3v) is 5.84. The Balaban J connectivity index is 4.11. The van der Waals surface area contributed by atoms with Gasteiger partial charge in [-0.15, -0.1) is 0 Å². The van der Waals surface area contributed by atoms with Gasteiger partial charge in [0.05, 0.1) is 6.42 Å². The minimum atomic E-state index is -1.02. The summed E-state index contributed by atoms with van der Waals surface area (Å²) in [5, 5.41) is 9.21. The van der Waals surface area contributed by atoms with Crippen LogP contribution in [-0.4, -0.2) is 34.5 Å². The number of carbonyl (C=O) groups is 3. The highest BCUT2D eigenvalue weighted by molar-refractivity contribution is 5.96. The number of imide groups is 1. The van der Waals surface area contributed by atoms with Crippen LogP contribution in [0.15, 0.2) is 0 Å². The summed E-state index contributed by atoms with van der Waals surface area (Å²) in [5.74, 6) is -2.17. The molecule has 0 saturated heterocycles. The first-order chi connectivity index (χ1) is 15.1. The van der Waals surface area contributed by atoms with E-state index in [2.05, 4.69) is 6.92 Å². The number of carboxylic acid groups (broad SMARTS) is 1. The third kappa shape index (κ3) is 17.0. The van der Waals surface area contributed by atoms with Crippen LogP contribution in [0.5, 0.6) is 0 Å². The average molecular weight is 455 g/mol. The van der Waals surface area contributed by atoms with Crippen molar-refractivity contribution >= 4 is 17.9 Å². The number of nitrogens with two attached hydrogens (primary N) is 1. The van der Waals surface area contributed by atoms with Crippen molar-refractivity contribution in [2.24, 2.45) is 17.1 Å². The van der Waals surface area contributed by atoms with Crippen LogP contribution in [-0.2, 0) is 9.59 Å². The van der Waals surface area contributed by atoms with Gasteiger partial charge in [-0.25, -0.2) is 4.79 Å². The SMILES string of the molecule is CCCCCCCCCCCCCCCCC(CC(=O)O)C(=O)N(CC(C)(C)C)C(N)=O. The van der Waals surface area contributed by atoms with Crippen molar-refractivity contribution in [3.05, 3.63) is 0 Å². The highest BCUT2D eigenvalue weighted by Crippen LogP contribution is 2.22. The van der Waals surface area contributed by atoms with Gasteiger partial charge in [-0.1, -0.05) is 118 Å². The van der Waals surface area contributed by atoms with Gasteiger partial charge in [0.15, 0.2) is 0 Å². The molecule has 1 atom stereocenters. The van der Waals surface area contributed by atoms with Gasteiger partial charge >= 0.3 is 12.0 Å². The second kappa shape index (κ2) is 17.9. The highest BCUT2D eigenvalue weighted by atomic mass is 16.4. The maximum absolute atomic E-state index is 12.8. The fourth-order valence-electron chi connectivity index (χ4n) is 4.07. The zero-order valence-corrected chi connectivity index (χ0v) is 21.3. The first-order valence-corrected chi connectivity index (χ1v) is 12.9. The fraction of sp³-hybridized carbons (Fsp3) is 0.885. The Morgan fingerprint density at radius 3 is 1.53 bits per heavy atom. The molecule has 0 bridgehead atoms. The van der Waals surface area contributed by atoms with Crippen LogP contribution in [0.4, 0.5) is 4.79 Å². The normalized spacial score (nSPS) is 12.5. The zero-order chi connectivity index (χ0) is 24.4. The molecule has 0 aromatic heterocycles. The van der Waals surface area contributed by atoms with E-state index >= 15 is 0 Å². The Labute approximate surface area is 196 Å². The first-order valence-electron chi connectivity index (χ1n) is 12.9. The Kier molecular flexibility index (Phi) is 17.0. The summed E-state index contributed by atoms with van der Waals surface area (Å²) in [6.07, 6.45) is 17.7. The number of amides is 3. The quantitative estimate of drug-likeness (QED) is 0.207. The lowest BCUT2D eigenvalue weighted by molar-refractivity contribution is -0.143. The van der Waals surface area contributed by atoms with Gasteiger partial charge in [0.1, 0.15) is 0 Å². The van der Waals surface area contributed by atoms with Gasteiger partial charge < -0.3 is 10.8 Å². The number of unbranched alkanes of at least 4 members (excludes halogenated alkanes) is 13. The molecule has 0 heterocycles. The molecular weight excluding hydrogens is 404 g/mol. The molecule has 6 heteroatoms. The summed E-state index contributed by atoms with van der Waals surface area (Å²) < 4.78 is 0. The zero-order valence-electron chi connectivity index (χ0n) is 21.3. The number of aliphatic carboxylic acids is 1. The van der Waals surface area contributed by atoms with E-state index in [1.165, 1.54) is 70.6 Å². The molecular formula is C26H50N2O4. The van der Waals surface area contributed by atoms with Crippen molar-refractivity contribution in [3.8, 4) is 0 Å². The Morgan fingerprint density at radius 1 is 0.781 bits per heavy atom. The maximum atomic E-state index is 12.8. The summed E-state index contributed by atoms with van der Waals surface area (Å²) >= 11 is 0. The monoisotopic (exact) mass is 454 g/mol. The van der Waals surface area contributed by atoms with Crippen molar-refractivity contribution in [1.29, 1.82) is 0 Å². The van der Waals surface area contributed by atoms with E-state index in [0.717, 1.165) is 24.2 Å². The lowest BCUT2D eigenvalue weighted by Crippen LogP contribution is -2.48. The molecule has 6 nitrogen and oxygen atoms in total. The minimum absolute atomic E-state index is 0.191. The predicted octanol–water partition coefficient (Wildman–Crippen LogP) is 6.90. The number of carboxylic acids is 1. The molecule has 0 aliphatic carbocycles. The summed E-state index contributed by atoms with van der Waals surface area (Å²) in [7, 11) is 0. The van der Waals surface area contributed by atoms with E-state index in [-0.39, 0.29) is 18.4 Å². The van der Waals surface area contributed by atoms with Gasteiger partial charge in [-0.05, 0) is 11.8 Å². The van der Waals surface area contributed by atoms with Crippen LogP contribution in [0.1, 0.15) is 130 Å². The standard InChI is InChI=1S/C26H50N2O4/c1-5-6-7-8-9-10-11-12-13-14-15-16-17-18-19-22(20-23(29)30)24(31)28(25(27)32)21-26(2,3)4/h22H,5-21H2,1-4H3,(H2,27,32)(H,29,30). The molecule has 32 heavy (non-hydrogen) atoms. The number of rotatable bonds is 19. The van der Waals surface area contributed by atoms with E-state index in [1.807, 2.05) is 20.8 Å². The number of hydrogen-bond donors (Lipinski definition) is 2. The molecule has 3 amide bonds. The van der Waals surface area contributed by atoms with Gasteiger partial charge in [0, 0.05) is 12.5 Å². The van der Waals surface area contributed by atoms with Crippen molar-refractivity contribution in [1.82, 2.24) is 4.90 Å². The highest BCUT2D eigenvalue weighted by Gasteiger charge is 2.31. The third-order valence-electron chi connectivity index (χ3n) is 5.84. The lowest BCUT2D eigenvalue weighted by Gasteiger charge is -2.29. The minimum Gasteiger partial charge on any atom is -0.481 e. The van der Waals surface area contributed by atoms with Crippen molar-refractivity contribution < 1.29 is 19.5 Å². The summed E-state index contributed by atoms with van der Waals surface area (Å²) in [6, 6.07) is -0.804. The van der Waals surface area contributed by atoms with Crippen molar-refractivity contribution in [3.63, 3.8) is 0 Å². The van der Waals surface area contributed by atoms with Gasteiger partial charge in [0.25, 0.3) is 0 Å². The smallest absolute Gasteiger partial charge is 0.321 e. The molecule has 188 valence electrons. The van der Waals surface area contributed by atoms with Gasteiger partial charge in [-0.3, -0.25) is 14.5 Å². The molecule has 1 unspecified atom stereocenters. The van der Waals surface area contributed by atoms with Crippen LogP contribution in [0.2, 0.25) is 0 Å². The Bertz CT molecular complexity index is 528. The molecule has 0 aliphatic rings. The van der Waals surface area contributed by atoms with Gasteiger partial charge in [0.2, 0.25) is 5.91 Å². The maximum Gasteiger partial charge on any atom is 0.321 e. The van der Waals surface area contributed by atoms with Crippen LogP contribution < -0.4 is 5.73 Å². The van der Waals surface area contributed by atoms with Crippen LogP contribution >= 0.6 is 0 Å². The molecule has 0 saturated carbocycles. The molecule has 0 spiro atoms. The summed E-state index contributed by atoms with van der Waals surface area (Å²) in [5.41, 5.74) is 5.11. The summed E-state index contributed by atoms with van der Waals surface area (Å²) in [6.45, 7) is 8.18. The topological polar surface area (TPSA) is 101 Å². The number of carbonyl (C=O) groups excluding carboxylic acids is 2. The van der Waals surface area contributed by atoms with Crippen LogP contribution in [0, 0.1) is 11.3 Å². The number of urea groups is 1. The first kappa shape index (κ1) is 30.4. The van der Waals surface area contributed by atoms with Crippen LogP contribution in [0.25, 0.3) is 0 Å². The van der Waals surface area contributed by atoms with E-state index in [4.69, 9.17) is 5.73 Å². The molecule has 3 N–H and O–H groups in total. The van der Waals surface area contributed by atoms with E-state index in [0.29, 0.717) is 6.42 Å². The Hall–Kier alpha value is -1.59. The molecule has 0 aromatic carbocycles. The second-order valence-corrected chi connectivity index (χ2v) is 10.5. The molecule has 0 radical (unpaired) electrons. The largest absolute Gasteiger partial charge is 0.481 e. The summed E-state index contributed by atoms with van der Waals surface area (Å²) in [4.78, 5) is 36.9. The Morgan fingerprint density at radius 2 is 1.19 bits per heavy atom.